The van der Waals surface area contributed by atoms with E-state index in [9.17, 15) is 5.11 Å². The lowest BCUT2D eigenvalue weighted by Crippen LogP contribution is -2.18. The molecule has 0 spiro atoms. The number of benzene rings is 3. The van der Waals surface area contributed by atoms with Crippen LogP contribution in [-0.2, 0) is 13.0 Å². The molecule has 0 unspecified atom stereocenters. The quantitative estimate of drug-likeness (QED) is 0.311. The average Bonchev–Trinajstić information content (AvgIpc) is 3.51. The Balaban J connectivity index is 1.48. The van der Waals surface area contributed by atoms with E-state index >= 15 is 0 Å². The lowest BCUT2D eigenvalue weighted by molar-refractivity contribution is 0.321. The van der Waals surface area contributed by atoms with E-state index in [0.717, 1.165) is 47.8 Å². The number of hydrogen-bond donors (Lipinski definition) is 2. The van der Waals surface area contributed by atoms with E-state index in [-0.39, 0.29) is 5.75 Å². The molecule has 5 nitrogen and oxygen atoms in total. The molecule has 1 fully saturated rings. The zero-order chi connectivity index (χ0) is 24.2. The maximum Gasteiger partial charge on any atom is 0.123 e. The van der Waals surface area contributed by atoms with Crippen LogP contribution in [0.2, 0.25) is 0 Å². The zero-order valence-corrected chi connectivity index (χ0v) is 20.9. The molecule has 0 radical (unpaired) electrons. The van der Waals surface area contributed by atoms with Crippen molar-refractivity contribution in [2.45, 2.75) is 25.8 Å². The van der Waals surface area contributed by atoms with Crippen molar-refractivity contribution in [2.24, 2.45) is 5.73 Å². The number of phenolic OH excluding ortho intramolecular Hbond substituents is 1. The highest BCUT2D eigenvalue weighted by atomic mass is 32.1. The van der Waals surface area contributed by atoms with Crippen LogP contribution in [0.1, 0.15) is 29.5 Å². The van der Waals surface area contributed by atoms with Crippen LogP contribution in [0.15, 0.2) is 60.7 Å². The third-order valence-electron chi connectivity index (χ3n) is 6.60. The molecule has 1 saturated heterocycles. The lowest BCUT2D eigenvalue weighted by Gasteiger charge is -2.18. The Kier molecular flexibility index (Phi) is 7.23. The minimum atomic E-state index is 0.287. The number of nitrogens with two attached hydrogens (primary N) is 1. The summed E-state index contributed by atoms with van der Waals surface area (Å²) in [6.07, 6.45) is 3.35. The first-order chi connectivity index (χ1) is 17.1. The van der Waals surface area contributed by atoms with Gasteiger partial charge in [0.15, 0.2) is 0 Å². The van der Waals surface area contributed by atoms with E-state index in [1.807, 2.05) is 24.3 Å². The Morgan fingerprint density at radius 1 is 1.00 bits per heavy atom. The summed E-state index contributed by atoms with van der Waals surface area (Å²) in [6, 6.07) is 20.5. The second-order valence-electron chi connectivity index (χ2n) is 9.06. The maximum absolute atomic E-state index is 10.1. The summed E-state index contributed by atoms with van der Waals surface area (Å²) in [5.41, 5.74) is 10.4. The molecule has 3 N–H and O–H groups in total. The first-order valence-corrected chi connectivity index (χ1v) is 13.0. The second-order valence-corrected chi connectivity index (χ2v) is 10.1. The van der Waals surface area contributed by atoms with Gasteiger partial charge < -0.3 is 20.3 Å². The Hall–Kier alpha value is -3.06. The molecule has 0 bridgehead atoms. The number of rotatable bonds is 9. The number of nitrogens with zero attached hydrogens (tertiary/aromatic N) is 1. The molecule has 4 aromatic rings. The number of ether oxygens (including phenoxy) is 2. The van der Waals surface area contributed by atoms with Gasteiger partial charge in [0.1, 0.15) is 23.9 Å². The van der Waals surface area contributed by atoms with E-state index in [2.05, 4.69) is 35.2 Å². The van der Waals surface area contributed by atoms with Crippen LogP contribution < -0.4 is 15.2 Å². The summed E-state index contributed by atoms with van der Waals surface area (Å²) >= 11 is 1.71. The normalized spacial score (nSPS) is 14.0. The molecule has 0 atom stereocenters. The van der Waals surface area contributed by atoms with Gasteiger partial charge in [0.25, 0.3) is 0 Å². The second kappa shape index (κ2) is 10.7. The number of phenols is 1. The summed E-state index contributed by atoms with van der Waals surface area (Å²) < 4.78 is 12.5. The summed E-state index contributed by atoms with van der Waals surface area (Å²) in [5, 5.41) is 11.3. The van der Waals surface area contributed by atoms with Gasteiger partial charge in [-0.25, -0.2) is 0 Å². The topological polar surface area (TPSA) is 68.0 Å². The molecule has 3 aromatic carbocycles. The number of methoxy groups -OCH3 is 1. The van der Waals surface area contributed by atoms with Gasteiger partial charge in [-0.15, -0.1) is 11.3 Å². The van der Waals surface area contributed by atoms with Crippen LogP contribution >= 0.6 is 11.3 Å². The van der Waals surface area contributed by atoms with Crippen LogP contribution in [0.3, 0.4) is 0 Å². The van der Waals surface area contributed by atoms with Gasteiger partial charge in [-0.3, -0.25) is 4.90 Å². The van der Waals surface area contributed by atoms with Crippen LogP contribution in [0, 0.1) is 0 Å². The van der Waals surface area contributed by atoms with Gasteiger partial charge in [0.2, 0.25) is 0 Å². The molecule has 1 aliphatic rings. The van der Waals surface area contributed by atoms with Crippen molar-refractivity contribution in [2.75, 3.05) is 33.4 Å². The standard InChI is InChI=1S/C29H32N2O3S/c1-33-27-17-20(4-5-22(27)19-31-13-2-3-14-31)16-26-25-11-8-23(32)18-28(25)35-29(26)21-6-9-24(10-7-21)34-15-12-30/h4-11,17-18,32H,2-3,12-16,19,30H2,1H3. The van der Waals surface area contributed by atoms with Crippen molar-refractivity contribution in [1.82, 2.24) is 4.90 Å². The molecule has 6 heteroatoms. The fourth-order valence-corrected chi connectivity index (χ4v) is 6.10. The summed E-state index contributed by atoms with van der Waals surface area (Å²) in [4.78, 5) is 3.70. The summed E-state index contributed by atoms with van der Waals surface area (Å²) in [7, 11) is 1.76. The van der Waals surface area contributed by atoms with E-state index in [4.69, 9.17) is 15.2 Å². The van der Waals surface area contributed by atoms with Crippen molar-refractivity contribution in [3.05, 3.63) is 77.4 Å². The zero-order valence-electron chi connectivity index (χ0n) is 20.1. The van der Waals surface area contributed by atoms with Gasteiger partial charge in [-0.1, -0.05) is 12.1 Å². The van der Waals surface area contributed by atoms with Gasteiger partial charge >= 0.3 is 0 Å². The summed E-state index contributed by atoms with van der Waals surface area (Å²) in [5.74, 6) is 2.06. The van der Waals surface area contributed by atoms with Crippen LogP contribution in [0.25, 0.3) is 20.5 Å². The predicted octanol–water partition coefficient (Wildman–Crippen LogP) is 5.81. The number of aromatic hydroxyl groups is 1. The fourth-order valence-electron chi connectivity index (χ4n) is 4.84. The van der Waals surface area contributed by atoms with Crippen molar-refractivity contribution in [1.29, 1.82) is 0 Å². The van der Waals surface area contributed by atoms with Crippen molar-refractivity contribution in [3.8, 4) is 27.7 Å². The SMILES string of the molecule is COc1cc(Cc2c(-c3ccc(OCCN)cc3)sc3cc(O)ccc23)ccc1CN1CCCC1. The van der Waals surface area contributed by atoms with Crippen LogP contribution in [0.5, 0.6) is 17.2 Å². The third-order valence-corrected chi connectivity index (χ3v) is 7.85. The van der Waals surface area contributed by atoms with E-state index in [1.165, 1.54) is 39.8 Å². The van der Waals surface area contributed by atoms with Gasteiger partial charge in [-0.05, 0) is 103 Å². The Bertz CT molecular complexity index is 1290. The molecule has 1 aromatic heterocycles. The van der Waals surface area contributed by atoms with Crippen LogP contribution in [-0.4, -0.2) is 43.4 Å². The predicted molar refractivity (Wildman–Crippen MR) is 144 cm³/mol. The third kappa shape index (κ3) is 5.30. The van der Waals surface area contributed by atoms with Gasteiger partial charge in [-0.2, -0.15) is 0 Å². The smallest absolute Gasteiger partial charge is 0.123 e. The highest BCUT2D eigenvalue weighted by molar-refractivity contribution is 7.22. The number of thiophene rings is 1. The average molecular weight is 489 g/mol. The largest absolute Gasteiger partial charge is 0.508 e. The van der Waals surface area contributed by atoms with Gasteiger partial charge in [0.05, 0.1) is 7.11 Å². The molecule has 35 heavy (non-hydrogen) atoms. The van der Waals surface area contributed by atoms with E-state index < -0.39 is 0 Å². The Morgan fingerprint density at radius 2 is 1.80 bits per heavy atom. The van der Waals surface area contributed by atoms with Gasteiger partial charge in [0, 0.05) is 28.2 Å². The minimum Gasteiger partial charge on any atom is -0.508 e. The molecule has 2 heterocycles. The number of hydrogen-bond acceptors (Lipinski definition) is 6. The maximum atomic E-state index is 10.1. The molecule has 0 saturated carbocycles. The van der Waals surface area contributed by atoms with Crippen molar-refractivity contribution < 1.29 is 14.6 Å². The Morgan fingerprint density at radius 3 is 2.54 bits per heavy atom. The lowest BCUT2D eigenvalue weighted by atomic mass is 9.97. The molecule has 182 valence electrons. The van der Waals surface area contributed by atoms with E-state index in [0.29, 0.717) is 13.2 Å². The first-order valence-electron chi connectivity index (χ1n) is 12.2. The molecule has 0 amide bonds. The fraction of sp³-hybridized carbons (Fsp3) is 0.310. The monoisotopic (exact) mass is 488 g/mol. The molecule has 0 aliphatic carbocycles. The molecular weight excluding hydrogens is 456 g/mol. The summed E-state index contributed by atoms with van der Waals surface area (Å²) in [6.45, 7) is 4.26. The minimum absolute atomic E-state index is 0.287. The first kappa shape index (κ1) is 23.7. The molecular formula is C29H32N2O3S. The number of fused-ring (bicyclic) bond motifs is 1. The molecule has 1 aliphatic heterocycles. The molecule has 5 rings (SSSR count). The van der Waals surface area contributed by atoms with Crippen molar-refractivity contribution in [3.63, 3.8) is 0 Å². The highest BCUT2D eigenvalue weighted by Gasteiger charge is 2.18. The Labute approximate surface area is 210 Å². The van der Waals surface area contributed by atoms with Crippen LogP contribution in [0.4, 0.5) is 0 Å². The number of likely N-dealkylation sites (tertiary alicyclic amines) is 1. The van der Waals surface area contributed by atoms with Crippen molar-refractivity contribution >= 4 is 21.4 Å². The highest BCUT2D eigenvalue weighted by Crippen LogP contribution is 2.42. The van der Waals surface area contributed by atoms with E-state index in [1.54, 1.807) is 24.5 Å².